The molecule has 0 fully saturated rings. The highest BCUT2D eigenvalue weighted by atomic mass is 79.9. The average molecular weight is 395 g/mol. The molecule has 0 aromatic carbocycles. The molecule has 0 aliphatic heterocycles. The number of thiazole rings is 1. The van der Waals surface area contributed by atoms with E-state index in [4.69, 9.17) is 4.74 Å². The second-order valence-corrected chi connectivity index (χ2v) is 7.74. The first-order valence-electron chi connectivity index (χ1n) is 5.69. The maximum atomic E-state index is 12.1. The number of halogens is 1. The Kier molecular flexibility index (Phi) is 4.64. The molecule has 0 saturated heterocycles. The van der Waals surface area contributed by atoms with Gasteiger partial charge in [-0.05, 0) is 28.9 Å². The number of ether oxygens (including phenoxy) is 1. The van der Waals surface area contributed by atoms with Crippen molar-refractivity contribution in [2.75, 3.05) is 11.3 Å². The third kappa shape index (κ3) is 3.60. The lowest BCUT2D eigenvalue weighted by Crippen LogP contribution is -2.14. The molecular weight excluding hydrogens is 384 g/mol. The molecule has 0 aliphatic carbocycles. The highest BCUT2D eigenvalue weighted by molar-refractivity contribution is 9.11. The first-order valence-corrected chi connectivity index (χ1v) is 8.78. The van der Waals surface area contributed by atoms with Crippen LogP contribution in [-0.2, 0) is 21.8 Å². The number of carbonyl (C=O) groups is 1. The zero-order valence-electron chi connectivity index (χ0n) is 11.0. The van der Waals surface area contributed by atoms with Crippen LogP contribution in [0.2, 0.25) is 0 Å². The van der Waals surface area contributed by atoms with Crippen LogP contribution in [0.3, 0.4) is 0 Å². The van der Waals surface area contributed by atoms with Gasteiger partial charge in [0.05, 0.1) is 6.61 Å². The minimum atomic E-state index is -3.84. The van der Waals surface area contributed by atoms with Gasteiger partial charge >= 0.3 is 5.97 Å². The van der Waals surface area contributed by atoms with Gasteiger partial charge in [-0.1, -0.05) is 11.3 Å². The van der Waals surface area contributed by atoms with Crippen molar-refractivity contribution in [1.82, 2.24) is 14.8 Å². The molecule has 8 nitrogen and oxygen atoms in total. The van der Waals surface area contributed by atoms with Crippen LogP contribution in [-0.4, -0.2) is 35.8 Å². The van der Waals surface area contributed by atoms with E-state index in [9.17, 15) is 13.2 Å². The number of hydrogen-bond acceptors (Lipinski definition) is 7. The Labute approximate surface area is 133 Å². The summed E-state index contributed by atoms with van der Waals surface area (Å²) in [5.74, 6) is -0.621. The van der Waals surface area contributed by atoms with Crippen molar-refractivity contribution in [2.45, 2.75) is 11.9 Å². The minimum Gasteiger partial charge on any atom is -0.461 e. The van der Waals surface area contributed by atoms with Crippen molar-refractivity contribution in [3.05, 3.63) is 21.7 Å². The number of anilines is 1. The third-order valence-electron chi connectivity index (χ3n) is 2.24. The van der Waals surface area contributed by atoms with E-state index in [2.05, 4.69) is 30.7 Å². The van der Waals surface area contributed by atoms with Crippen LogP contribution in [0.1, 0.15) is 17.4 Å². The SMILES string of the molecule is CCOC(=O)c1nc(NS(=O)(=O)c2ccn(C)n2)sc1Br. The van der Waals surface area contributed by atoms with Crippen molar-refractivity contribution in [2.24, 2.45) is 7.05 Å². The molecule has 0 saturated carbocycles. The first-order chi connectivity index (χ1) is 9.83. The van der Waals surface area contributed by atoms with E-state index < -0.39 is 16.0 Å². The van der Waals surface area contributed by atoms with Crippen LogP contribution in [0.5, 0.6) is 0 Å². The Morgan fingerprint density at radius 1 is 1.57 bits per heavy atom. The normalized spacial score (nSPS) is 11.4. The van der Waals surface area contributed by atoms with Gasteiger partial charge in [-0.25, -0.2) is 9.78 Å². The Balaban J connectivity index is 2.24. The zero-order valence-corrected chi connectivity index (χ0v) is 14.2. The van der Waals surface area contributed by atoms with E-state index in [0.717, 1.165) is 11.3 Å². The second kappa shape index (κ2) is 6.12. The van der Waals surface area contributed by atoms with Crippen molar-refractivity contribution in [1.29, 1.82) is 0 Å². The topological polar surface area (TPSA) is 103 Å². The maximum Gasteiger partial charge on any atom is 0.359 e. The highest BCUT2D eigenvalue weighted by Crippen LogP contribution is 2.30. The summed E-state index contributed by atoms with van der Waals surface area (Å²) in [5.41, 5.74) is 0.0283. The summed E-state index contributed by atoms with van der Waals surface area (Å²) >= 11 is 4.13. The fraction of sp³-hybridized carbons (Fsp3) is 0.300. The Bertz CT molecular complexity index is 768. The Morgan fingerprint density at radius 2 is 2.29 bits per heavy atom. The summed E-state index contributed by atoms with van der Waals surface area (Å²) in [5, 5.41) is 3.73. The summed E-state index contributed by atoms with van der Waals surface area (Å²) in [7, 11) is -2.23. The number of nitrogens with one attached hydrogen (secondary N) is 1. The number of aromatic nitrogens is 3. The molecule has 2 aromatic heterocycles. The van der Waals surface area contributed by atoms with Crippen molar-refractivity contribution < 1.29 is 17.9 Å². The number of esters is 1. The van der Waals surface area contributed by atoms with Crippen LogP contribution in [0, 0.1) is 0 Å². The van der Waals surface area contributed by atoms with Gasteiger partial charge in [0, 0.05) is 13.2 Å². The molecule has 0 amide bonds. The van der Waals surface area contributed by atoms with Crippen LogP contribution in [0.25, 0.3) is 0 Å². The fourth-order valence-electron chi connectivity index (χ4n) is 1.37. The molecule has 0 spiro atoms. The van der Waals surface area contributed by atoms with Gasteiger partial charge in [-0.15, -0.1) is 0 Å². The maximum absolute atomic E-state index is 12.1. The molecule has 0 radical (unpaired) electrons. The summed E-state index contributed by atoms with van der Waals surface area (Å²) < 4.78 is 33.0. The molecule has 2 heterocycles. The molecule has 2 aromatic rings. The Morgan fingerprint density at radius 3 is 2.86 bits per heavy atom. The predicted molar refractivity (Wildman–Crippen MR) is 79.8 cm³/mol. The van der Waals surface area contributed by atoms with Crippen molar-refractivity contribution in [3.63, 3.8) is 0 Å². The van der Waals surface area contributed by atoms with Gasteiger partial charge in [-0.3, -0.25) is 9.40 Å². The largest absolute Gasteiger partial charge is 0.461 e. The van der Waals surface area contributed by atoms with E-state index in [1.807, 2.05) is 0 Å². The molecule has 114 valence electrons. The first kappa shape index (κ1) is 15.9. The van der Waals surface area contributed by atoms with E-state index in [1.54, 1.807) is 14.0 Å². The van der Waals surface area contributed by atoms with E-state index in [-0.39, 0.29) is 22.5 Å². The summed E-state index contributed by atoms with van der Waals surface area (Å²) in [6, 6.07) is 1.36. The van der Waals surface area contributed by atoms with Crippen LogP contribution < -0.4 is 4.72 Å². The monoisotopic (exact) mass is 394 g/mol. The average Bonchev–Trinajstić information content (AvgIpc) is 2.96. The Hall–Kier alpha value is -1.46. The van der Waals surface area contributed by atoms with Gasteiger partial charge in [0.2, 0.25) is 0 Å². The van der Waals surface area contributed by atoms with Crippen molar-refractivity contribution >= 4 is 48.4 Å². The number of carbonyl (C=O) groups excluding carboxylic acids is 1. The number of rotatable bonds is 5. The van der Waals surface area contributed by atoms with Gasteiger partial charge < -0.3 is 4.74 Å². The molecule has 0 aliphatic rings. The lowest BCUT2D eigenvalue weighted by Gasteiger charge is -2.01. The summed E-state index contributed by atoms with van der Waals surface area (Å²) in [6.07, 6.45) is 1.51. The number of sulfonamides is 1. The minimum absolute atomic E-state index is 0.0283. The van der Waals surface area contributed by atoms with Crippen LogP contribution in [0.15, 0.2) is 21.1 Å². The number of hydrogen-bond donors (Lipinski definition) is 1. The van der Waals surface area contributed by atoms with Gasteiger partial charge in [0.25, 0.3) is 10.0 Å². The van der Waals surface area contributed by atoms with E-state index in [1.165, 1.54) is 16.9 Å². The highest BCUT2D eigenvalue weighted by Gasteiger charge is 2.23. The van der Waals surface area contributed by atoms with Crippen LogP contribution in [0.4, 0.5) is 5.13 Å². The molecule has 1 N–H and O–H groups in total. The zero-order chi connectivity index (χ0) is 15.6. The molecular formula is C10H11BrN4O4S2. The summed E-state index contributed by atoms with van der Waals surface area (Å²) in [6.45, 7) is 1.88. The molecule has 2 rings (SSSR count). The summed E-state index contributed by atoms with van der Waals surface area (Å²) in [4.78, 5) is 15.5. The van der Waals surface area contributed by atoms with Gasteiger partial charge in [-0.2, -0.15) is 13.5 Å². The van der Waals surface area contributed by atoms with Gasteiger partial charge in [0.15, 0.2) is 15.9 Å². The molecule has 0 unspecified atom stereocenters. The quantitative estimate of drug-likeness (QED) is 0.772. The lowest BCUT2D eigenvalue weighted by molar-refractivity contribution is 0.0519. The standard InChI is InChI=1S/C10H11BrN4O4S2/c1-3-19-9(16)7-8(11)20-10(12-7)14-21(17,18)6-4-5-15(2)13-6/h4-5H,3H2,1-2H3,(H,12,14). The fourth-order valence-corrected chi connectivity index (χ4v) is 3.97. The smallest absolute Gasteiger partial charge is 0.359 e. The van der Waals surface area contributed by atoms with E-state index >= 15 is 0 Å². The molecule has 11 heteroatoms. The number of nitrogens with zero attached hydrogens (tertiary/aromatic N) is 3. The second-order valence-electron chi connectivity index (χ2n) is 3.79. The van der Waals surface area contributed by atoms with E-state index in [0.29, 0.717) is 3.79 Å². The molecule has 0 bridgehead atoms. The van der Waals surface area contributed by atoms with Crippen molar-refractivity contribution in [3.8, 4) is 0 Å². The van der Waals surface area contributed by atoms with Crippen LogP contribution >= 0.6 is 27.3 Å². The molecule has 0 atom stereocenters. The van der Waals surface area contributed by atoms with Gasteiger partial charge in [0.1, 0.15) is 3.79 Å². The lowest BCUT2D eigenvalue weighted by atomic mass is 10.5. The third-order valence-corrected chi connectivity index (χ3v) is 5.22. The predicted octanol–water partition coefficient (Wildman–Crippen LogP) is 1.62. The number of aryl methyl sites for hydroxylation is 1. The molecule has 21 heavy (non-hydrogen) atoms.